The van der Waals surface area contributed by atoms with Crippen LogP contribution in [0.2, 0.25) is 5.02 Å². The molecule has 0 unspecified atom stereocenters. The van der Waals surface area contributed by atoms with Crippen LogP contribution < -0.4 is 4.74 Å². The number of pyridine rings is 1. The molecule has 1 amide bonds. The van der Waals surface area contributed by atoms with E-state index in [-0.39, 0.29) is 35.0 Å². The van der Waals surface area contributed by atoms with E-state index in [2.05, 4.69) is 10.1 Å². The molecular weight excluding hydrogens is 509 g/mol. The van der Waals surface area contributed by atoms with Crippen molar-refractivity contribution in [3.8, 4) is 17.5 Å². The first-order valence-electron chi connectivity index (χ1n) is 10.5. The second-order valence-corrected chi connectivity index (χ2v) is 8.57. The summed E-state index contributed by atoms with van der Waals surface area (Å²) >= 11 is 6.27. The molecule has 0 saturated carbocycles. The Kier molecular flexibility index (Phi) is 6.62. The zero-order valence-corrected chi connectivity index (χ0v) is 19.4. The van der Waals surface area contributed by atoms with E-state index in [1.807, 2.05) is 6.07 Å². The maximum Gasteiger partial charge on any atom is 0.433 e. The second-order valence-electron chi connectivity index (χ2n) is 8.19. The zero-order valence-electron chi connectivity index (χ0n) is 18.6. The van der Waals surface area contributed by atoms with Crippen molar-refractivity contribution < 1.29 is 31.5 Å². The molecule has 0 bridgehead atoms. The van der Waals surface area contributed by atoms with Gasteiger partial charge in [0.05, 0.1) is 28.2 Å². The molecule has 1 aliphatic rings. The Morgan fingerprint density at radius 3 is 2.58 bits per heavy atom. The van der Waals surface area contributed by atoms with Gasteiger partial charge in [0.1, 0.15) is 23.1 Å². The highest BCUT2D eigenvalue weighted by atomic mass is 35.5. The van der Waals surface area contributed by atoms with Gasteiger partial charge in [-0.25, -0.2) is 18.4 Å². The van der Waals surface area contributed by atoms with Crippen LogP contribution in [0.3, 0.4) is 0 Å². The number of nitrogens with zero attached hydrogens (tertiary/aromatic N) is 5. The van der Waals surface area contributed by atoms with Crippen LogP contribution in [0.5, 0.6) is 5.75 Å². The van der Waals surface area contributed by atoms with Crippen LogP contribution in [0.1, 0.15) is 39.8 Å². The molecule has 0 spiro atoms. The molecule has 7 nitrogen and oxygen atoms in total. The first-order chi connectivity index (χ1) is 16.9. The summed E-state index contributed by atoms with van der Waals surface area (Å²) in [5.41, 5.74) is 0.313. The van der Waals surface area contributed by atoms with Gasteiger partial charge in [0.25, 0.3) is 11.8 Å². The van der Waals surface area contributed by atoms with Crippen LogP contribution in [-0.4, -0.2) is 44.6 Å². The number of fused-ring (bicyclic) bond motifs is 1. The lowest BCUT2D eigenvalue weighted by Gasteiger charge is -2.27. The maximum absolute atomic E-state index is 13.4. The minimum atomic E-state index is -4.57. The van der Waals surface area contributed by atoms with Crippen LogP contribution in [0.25, 0.3) is 5.69 Å². The van der Waals surface area contributed by atoms with Crippen molar-refractivity contribution in [1.82, 2.24) is 19.7 Å². The first-order valence-corrected chi connectivity index (χ1v) is 10.9. The molecule has 0 radical (unpaired) electrons. The second kappa shape index (κ2) is 9.39. The summed E-state index contributed by atoms with van der Waals surface area (Å²) in [7, 11) is 0. The Labute approximate surface area is 206 Å². The largest absolute Gasteiger partial charge is 0.486 e. The van der Waals surface area contributed by atoms with Gasteiger partial charge in [0, 0.05) is 38.2 Å². The smallest absolute Gasteiger partial charge is 0.433 e. The predicted octanol–water partition coefficient (Wildman–Crippen LogP) is 5.04. The third-order valence-electron chi connectivity index (χ3n) is 5.37. The Balaban J connectivity index is 1.59. The van der Waals surface area contributed by atoms with Gasteiger partial charge >= 0.3 is 6.18 Å². The Bertz CT molecular complexity index is 1340. The van der Waals surface area contributed by atoms with E-state index in [0.717, 1.165) is 12.3 Å². The fraction of sp³-hybridized carbons (Fsp3) is 0.304. The number of aromatic nitrogens is 3. The van der Waals surface area contributed by atoms with Gasteiger partial charge in [-0.1, -0.05) is 11.6 Å². The van der Waals surface area contributed by atoms with Crippen LogP contribution >= 0.6 is 11.6 Å². The van der Waals surface area contributed by atoms with Crippen molar-refractivity contribution >= 4 is 17.5 Å². The van der Waals surface area contributed by atoms with Gasteiger partial charge in [-0.05, 0) is 24.3 Å². The molecule has 0 aliphatic carbocycles. The summed E-state index contributed by atoms with van der Waals surface area (Å²) < 4.78 is 71.6. The number of hydrogen-bond donors (Lipinski definition) is 0. The van der Waals surface area contributed by atoms with E-state index >= 15 is 0 Å². The highest BCUT2D eigenvalue weighted by Crippen LogP contribution is 2.33. The molecule has 2 aromatic heterocycles. The van der Waals surface area contributed by atoms with Crippen LogP contribution in [0, 0.1) is 11.3 Å². The van der Waals surface area contributed by atoms with Crippen molar-refractivity contribution in [3.63, 3.8) is 0 Å². The van der Waals surface area contributed by atoms with E-state index in [9.17, 15) is 32.0 Å². The molecule has 188 valence electrons. The SMILES string of the molecule is CC(F)(F)COc1ccc(C#N)c(Cl)c1C(=O)N1CCc2nn(-c3ccc(C(F)(F)F)nc3)cc2C1. The molecule has 4 rings (SSSR count). The number of halogens is 6. The fourth-order valence-electron chi connectivity index (χ4n) is 3.64. The number of carbonyl (C=O) groups excluding carboxylic acids is 1. The van der Waals surface area contributed by atoms with E-state index < -0.39 is 30.3 Å². The highest BCUT2D eigenvalue weighted by Gasteiger charge is 2.33. The van der Waals surface area contributed by atoms with Crippen molar-refractivity contribution in [3.05, 3.63) is 69.8 Å². The first kappa shape index (κ1) is 25.4. The van der Waals surface area contributed by atoms with Gasteiger partial charge in [-0.3, -0.25) is 4.79 Å². The van der Waals surface area contributed by atoms with Crippen molar-refractivity contribution in [2.75, 3.05) is 13.2 Å². The van der Waals surface area contributed by atoms with Gasteiger partial charge < -0.3 is 9.64 Å². The summed E-state index contributed by atoms with van der Waals surface area (Å²) in [4.78, 5) is 18.2. The quantitative estimate of drug-likeness (QED) is 0.436. The number of benzene rings is 1. The molecule has 13 heteroatoms. The Morgan fingerprint density at radius 1 is 1.22 bits per heavy atom. The molecule has 3 heterocycles. The summed E-state index contributed by atoms with van der Waals surface area (Å²) in [5.74, 6) is -3.97. The number of amides is 1. The number of carbonyl (C=O) groups is 1. The average molecular weight is 526 g/mol. The lowest BCUT2D eigenvalue weighted by Crippen LogP contribution is -2.36. The minimum Gasteiger partial charge on any atom is -0.486 e. The normalized spacial score (nSPS) is 13.8. The third-order valence-corrected chi connectivity index (χ3v) is 5.76. The summed E-state index contributed by atoms with van der Waals surface area (Å²) in [6.45, 7) is -0.0628. The van der Waals surface area contributed by atoms with E-state index in [0.29, 0.717) is 30.3 Å². The molecule has 0 saturated heterocycles. The van der Waals surface area contributed by atoms with Crippen LogP contribution in [0.4, 0.5) is 22.0 Å². The lowest BCUT2D eigenvalue weighted by molar-refractivity contribution is -0.141. The topological polar surface area (TPSA) is 84.0 Å². The summed E-state index contributed by atoms with van der Waals surface area (Å²) in [5, 5.41) is 13.5. The van der Waals surface area contributed by atoms with Crippen molar-refractivity contribution in [2.45, 2.75) is 32.0 Å². The van der Waals surface area contributed by atoms with Gasteiger partial charge in [0.15, 0.2) is 6.61 Å². The summed E-state index contributed by atoms with van der Waals surface area (Å²) in [6.07, 6.45) is -1.63. The standard InChI is InChI=1S/C23H17ClF5N5O2/c1-22(25,26)12-36-17-4-2-13(8-30)20(24)19(17)21(35)33-7-6-16-14(10-33)11-34(32-16)15-3-5-18(31-9-15)23(27,28)29/h2-5,9,11H,6-7,10,12H2,1H3. The van der Waals surface area contributed by atoms with Gasteiger partial charge in [-0.15, -0.1) is 0 Å². The maximum atomic E-state index is 13.4. The number of nitriles is 1. The van der Waals surface area contributed by atoms with E-state index in [1.165, 1.54) is 27.8 Å². The van der Waals surface area contributed by atoms with Gasteiger partial charge in [-0.2, -0.15) is 23.5 Å². The van der Waals surface area contributed by atoms with E-state index in [4.69, 9.17) is 16.3 Å². The molecular formula is C23H17ClF5N5O2. The molecule has 0 fully saturated rings. The van der Waals surface area contributed by atoms with E-state index in [1.54, 1.807) is 6.20 Å². The third kappa shape index (κ3) is 5.26. The molecule has 36 heavy (non-hydrogen) atoms. The van der Waals surface area contributed by atoms with Crippen LogP contribution in [-0.2, 0) is 19.1 Å². The molecule has 0 atom stereocenters. The monoisotopic (exact) mass is 525 g/mol. The zero-order chi connectivity index (χ0) is 26.3. The Morgan fingerprint density at radius 2 is 1.97 bits per heavy atom. The van der Waals surface area contributed by atoms with Crippen LogP contribution in [0.15, 0.2) is 36.7 Å². The van der Waals surface area contributed by atoms with Crippen molar-refractivity contribution in [2.24, 2.45) is 0 Å². The molecule has 1 aliphatic heterocycles. The fourth-order valence-corrected chi connectivity index (χ4v) is 3.91. The highest BCUT2D eigenvalue weighted by molar-refractivity contribution is 6.35. The summed E-state index contributed by atoms with van der Waals surface area (Å²) in [6, 6.07) is 6.45. The molecule has 0 N–H and O–H groups in total. The van der Waals surface area contributed by atoms with Crippen molar-refractivity contribution in [1.29, 1.82) is 5.26 Å². The predicted molar refractivity (Wildman–Crippen MR) is 117 cm³/mol. The molecule has 3 aromatic rings. The minimum absolute atomic E-state index is 0.0176. The number of ether oxygens (including phenoxy) is 1. The number of rotatable bonds is 5. The number of hydrogen-bond acceptors (Lipinski definition) is 5. The van der Waals surface area contributed by atoms with Gasteiger partial charge in [0.2, 0.25) is 0 Å². The lowest BCUT2D eigenvalue weighted by atomic mass is 10.0. The molecule has 1 aromatic carbocycles. The number of alkyl halides is 5. The average Bonchev–Trinajstić information content (AvgIpc) is 3.25. The Hall–Kier alpha value is -3.72.